The molecule has 0 aromatic rings. The Kier molecular flexibility index (Phi) is 12.0. The van der Waals surface area contributed by atoms with E-state index < -0.39 is 0 Å². The van der Waals surface area contributed by atoms with Crippen LogP contribution in [0.4, 0.5) is 0 Å². The zero-order valence-corrected chi connectivity index (χ0v) is 12.7. The van der Waals surface area contributed by atoms with Gasteiger partial charge < -0.3 is 0 Å². The first-order valence-electron chi connectivity index (χ1n) is 7.92. The molecule has 0 fully saturated rings. The lowest BCUT2D eigenvalue weighted by Crippen LogP contribution is -1.95. The van der Waals surface area contributed by atoms with Crippen LogP contribution in [0.3, 0.4) is 0 Å². The number of rotatable bonds is 11. The minimum atomic E-state index is 0.934. The summed E-state index contributed by atoms with van der Waals surface area (Å²) in [5, 5.41) is 0. The molecule has 102 valence electrons. The van der Waals surface area contributed by atoms with Crippen LogP contribution in [0.25, 0.3) is 0 Å². The van der Waals surface area contributed by atoms with Crippen molar-refractivity contribution in [2.24, 2.45) is 5.92 Å². The predicted molar refractivity (Wildman–Crippen MR) is 80.4 cm³/mol. The summed E-state index contributed by atoms with van der Waals surface area (Å²) in [6.07, 6.45) is 16.1. The van der Waals surface area contributed by atoms with E-state index in [1.165, 1.54) is 64.2 Å². The second-order valence-electron chi connectivity index (χ2n) is 5.51. The first-order valence-corrected chi connectivity index (χ1v) is 7.92. The van der Waals surface area contributed by atoms with Crippen molar-refractivity contribution in [2.75, 3.05) is 0 Å². The van der Waals surface area contributed by atoms with E-state index in [0.717, 1.165) is 5.92 Å². The van der Waals surface area contributed by atoms with E-state index in [2.05, 4.69) is 33.8 Å². The molecular weight excluding hydrogens is 204 g/mol. The Morgan fingerprint density at radius 2 is 1.47 bits per heavy atom. The van der Waals surface area contributed by atoms with E-state index in [9.17, 15) is 0 Å². The third kappa shape index (κ3) is 10.6. The van der Waals surface area contributed by atoms with Crippen molar-refractivity contribution in [1.29, 1.82) is 0 Å². The van der Waals surface area contributed by atoms with Crippen LogP contribution in [0.15, 0.2) is 11.6 Å². The molecule has 0 aliphatic heterocycles. The summed E-state index contributed by atoms with van der Waals surface area (Å²) in [6.45, 7) is 9.26. The first kappa shape index (κ1) is 16.7. The lowest BCUT2D eigenvalue weighted by atomic mass is 9.95. The predicted octanol–water partition coefficient (Wildman–Crippen LogP) is 6.51. The Labute approximate surface area is 110 Å². The minimum absolute atomic E-state index is 0.934. The first-order chi connectivity index (χ1) is 8.24. The van der Waals surface area contributed by atoms with E-state index in [0.29, 0.717) is 0 Å². The Balaban J connectivity index is 3.70. The fraction of sp³-hybridized carbons (Fsp3) is 0.882. The third-order valence-electron chi connectivity index (χ3n) is 3.59. The highest BCUT2D eigenvalue weighted by Gasteiger charge is 2.03. The van der Waals surface area contributed by atoms with E-state index in [1.807, 2.05) is 0 Å². The molecule has 0 nitrogen and oxygen atoms in total. The molecule has 0 aromatic heterocycles. The highest BCUT2D eigenvalue weighted by Crippen LogP contribution is 2.20. The average molecular weight is 238 g/mol. The number of allylic oxidation sites excluding steroid dienone is 2. The molecule has 1 atom stereocenters. The number of unbranched alkanes of at least 4 members (excludes halogenated alkanes) is 2. The topological polar surface area (TPSA) is 0 Å². The van der Waals surface area contributed by atoms with Gasteiger partial charge in [-0.25, -0.2) is 0 Å². The monoisotopic (exact) mass is 238 g/mol. The van der Waals surface area contributed by atoms with Gasteiger partial charge in [-0.2, -0.15) is 0 Å². The Morgan fingerprint density at radius 1 is 0.882 bits per heavy atom. The lowest BCUT2D eigenvalue weighted by molar-refractivity contribution is 0.455. The molecule has 0 radical (unpaired) electrons. The van der Waals surface area contributed by atoms with Crippen molar-refractivity contribution in [3.63, 3.8) is 0 Å². The summed E-state index contributed by atoms with van der Waals surface area (Å²) in [5.74, 6) is 0.934. The fourth-order valence-electron chi connectivity index (χ4n) is 2.40. The third-order valence-corrected chi connectivity index (χ3v) is 3.59. The van der Waals surface area contributed by atoms with Crippen molar-refractivity contribution >= 4 is 0 Å². The van der Waals surface area contributed by atoms with Crippen molar-refractivity contribution in [3.05, 3.63) is 11.6 Å². The zero-order valence-electron chi connectivity index (χ0n) is 12.7. The molecule has 0 aromatic carbocycles. The van der Waals surface area contributed by atoms with Crippen molar-refractivity contribution < 1.29 is 0 Å². The molecule has 0 heteroatoms. The quantitative estimate of drug-likeness (QED) is 0.360. The SMILES string of the molecule is CCC=C(CCCC)CCCC(C)CCCC. The second kappa shape index (κ2) is 12.2. The molecule has 0 saturated heterocycles. The molecule has 0 rings (SSSR count). The smallest absolute Gasteiger partial charge is 0.0320 e. The van der Waals surface area contributed by atoms with Gasteiger partial charge in [0.25, 0.3) is 0 Å². The van der Waals surface area contributed by atoms with Gasteiger partial charge in [0.15, 0.2) is 0 Å². The summed E-state index contributed by atoms with van der Waals surface area (Å²) < 4.78 is 0. The Bertz CT molecular complexity index is 178. The lowest BCUT2D eigenvalue weighted by Gasteiger charge is -2.12. The molecule has 1 unspecified atom stereocenters. The van der Waals surface area contributed by atoms with Crippen LogP contribution in [0, 0.1) is 5.92 Å². The molecule has 0 spiro atoms. The highest BCUT2D eigenvalue weighted by atomic mass is 14.1. The van der Waals surface area contributed by atoms with Gasteiger partial charge in [0, 0.05) is 0 Å². The maximum Gasteiger partial charge on any atom is -0.0320 e. The van der Waals surface area contributed by atoms with Crippen LogP contribution in [0.5, 0.6) is 0 Å². The molecule has 0 saturated carbocycles. The summed E-state index contributed by atoms with van der Waals surface area (Å²) >= 11 is 0. The van der Waals surface area contributed by atoms with E-state index in [1.54, 1.807) is 5.57 Å². The van der Waals surface area contributed by atoms with Gasteiger partial charge in [0.1, 0.15) is 0 Å². The van der Waals surface area contributed by atoms with Crippen LogP contribution >= 0.6 is 0 Å². The van der Waals surface area contributed by atoms with Gasteiger partial charge in [0.2, 0.25) is 0 Å². The maximum absolute atomic E-state index is 2.46. The molecule has 0 heterocycles. The molecule has 0 aliphatic carbocycles. The number of hydrogen-bond acceptors (Lipinski definition) is 0. The van der Waals surface area contributed by atoms with Crippen LogP contribution in [-0.2, 0) is 0 Å². The summed E-state index contributed by atoms with van der Waals surface area (Å²) in [4.78, 5) is 0. The molecule has 0 bridgehead atoms. The Hall–Kier alpha value is -0.260. The van der Waals surface area contributed by atoms with E-state index in [-0.39, 0.29) is 0 Å². The van der Waals surface area contributed by atoms with Crippen LogP contribution < -0.4 is 0 Å². The zero-order chi connectivity index (χ0) is 12.9. The van der Waals surface area contributed by atoms with Gasteiger partial charge >= 0.3 is 0 Å². The summed E-state index contributed by atoms with van der Waals surface area (Å²) in [7, 11) is 0. The van der Waals surface area contributed by atoms with Gasteiger partial charge in [-0.15, -0.1) is 0 Å². The van der Waals surface area contributed by atoms with Crippen LogP contribution in [0.2, 0.25) is 0 Å². The van der Waals surface area contributed by atoms with Gasteiger partial charge in [-0.05, 0) is 38.0 Å². The van der Waals surface area contributed by atoms with E-state index in [4.69, 9.17) is 0 Å². The van der Waals surface area contributed by atoms with Gasteiger partial charge in [-0.1, -0.05) is 71.4 Å². The Morgan fingerprint density at radius 3 is 2.06 bits per heavy atom. The van der Waals surface area contributed by atoms with Crippen LogP contribution in [0.1, 0.15) is 91.9 Å². The summed E-state index contributed by atoms with van der Waals surface area (Å²) in [5.41, 5.74) is 1.72. The molecule has 17 heavy (non-hydrogen) atoms. The molecular formula is C17H34. The molecule has 0 amide bonds. The number of hydrogen-bond donors (Lipinski definition) is 0. The van der Waals surface area contributed by atoms with Crippen molar-refractivity contribution in [1.82, 2.24) is 0 Å². The maximum atomic E-state index is 2.46. The standard InChI is InChI=1S/C17H34/c1-5-8-12-16(4)13-10-15-17(11-7-3)14-9-6-2/h11,16H,5-10,12-15H2,1-4H3. The summed E-state index contributed by atoms with van der Waals surface area (Å²) in [6, 6.07) is 0. The fourth-order valence-corrected chi connectivity index (χ4v) is 2.40. The largest absolute Gasteiger partial charge is 0.0856 e. The second-order valence-corrected chi connectivity index (χ2v) is 5.51. The van der Waals surface area contributed by atoms with Gasteiger partial charge in [0.05, 0.1) is 0 Å². The van der Waals surface area contributed by atoms with Crippen LogP contribution in [-0.4, -0.2) is 0 Å². The minimum Gasteiger partial charge on any atom is -0.0856 e. The van der Waals surface area contributed by atoms with Crippen molar-refractivity contribution in [3.8, 4) is 0 Å². The highest BCUT2D eigenvalue weighted by molar-refractivity contribution is 5.01. The van der Waals surface area contributed by atoms with E-state index >= 15 is 0 Å². The van der Waals surface area contributed by atoms with Gasteiger partial charge in [-0.3, -0.25) is 0 Å². The van der Waals surface area contributed by atoms with Crippen molar-refractivity contribution in [2.45, 2.75) is 91.9 Å². The normalized spacial score (nSPS) is 14.0. The molecule has 0 aliphatic rings. The average Bonchev–Trinajstić information content (AvgIpc) is 2.33. The molecule has 0 N–H and O–H groups in total.